The van der Waals surface area contributed by atoms with Gasteiger partial charge in [-0.1, -0.05) is 41.2 Å². The van der Waals surface area contributed by atoms with Crippen molar-refractivity contribution in [3.05, 3.63) is 48.2 Å². The molecule has 84 valence electrons. The molecule has 3 nitrogen and oxygen atoms in total. The van der Waals surface area contributed by atoms with Crippen LogP contribution >= 0.6 is 11.3 Å². The number of benzene rings is 1. The molecule has 0 amide bonds. The molecule has 0 aliphatic carbocycles. The highest BCUT2D eigenvalue weighted by Gasteiger charge is 2.09. The predicted molar refractivity (Wildman–Crippen MR) is 67.8 cm³/mol. The van der Waals surface area contributed by atoms with Gasteiger partial charge in [0.1, 0.15) is 5.01 Å². The third-order valence-electron chi connectivity index (χ3n) is 2.46. The van der Waals surface area contributed by atoms with E-state index < -0.39 is 0 Å². The smallest absolute Gasteiger partial charge is 0.183 e. The Kier molecular flexibility index (Phi) is 2.49. The molecule has 0 saturated carbocycles. The zero-order chi connectivity index (χ0) is 11.7. The number of furan rings is 1. The number of aryl methyl sites for hydroxylation is 1. The molecule has 2 heterocycles. The van der Waals surface area contributed by atoms with Gasteiger partial charge in [0.25, 0.3) is 0 Å². The minimum Gasteiger partial charge on any atom is -0.462 e. The second kappa shape index (κ2) is 4.14. The maximum Gasteiger partial charge on any atom is 0.183 e. The van der Waals surface area contributed by atoms with Crippen LogP contribution in [-0.4, -0.2) is 10.2 Å². The summed E-state index contributed by atoms with van der Waals surface area (Å²) in [6.07, 6.45) is 1.64. The van der Waals surface area contributed by atoms with Crippen LogP contribution in [0.4, 0.5) is 0 Å². The van der Waals surface area contributed by atoms with Gasteiger partial charge in [0.05, 0.1) is 6.26 Å². The molecule has 3 aromatic rings. The number of nitrogens with zero attached hydrogens (tertiary/aromatic N) is 2. The molecule has 0 bridgehead atoms. The molecular formula is C13H10N2OS. The average Bonchev–Trinajstić information content (AvgIpc) is 3.00. The minimum absolute atomic E-state index is 0.765. The summed E-state index contributed by atoms with van der Waals surface area (Å²) >= 11 is 1.53. The van der Waals surface area contributed by atoms with Gasteiger partial charge in [-0.2, -0.15) is 0 Å². The number of rotatable bonds is 2. The molecule has 17 heavy (non-hydrogen) atoms. The van der Waals surface area contributed by atoms with Crippen LogP contribution in [0.15, 0.2) is 47.1 Å². The zero-order valence-electron chi connectivity index (χ0n) is 9.25. The standard InChI is InChI=1S/C13H10N2OS/c1-9-4-6-10(7-5-9)12-14-15-13(17-12)11-3-2-8-16-11/h2-8H,1H3. The molecule has 0 unspecified atom stereocenters. The Morgan fingerprint density at radius 2 is 1.76 bits per heavy atom. The molecule has 0 atom stereocenters. The molecule has 0 N–H and O–H groups in total. The summed E-state index contributed by atoms with van der Waals surface area (Å²) in [6, 6.07) is 12.0. The fourth-order valence-electron chi connectivity index (χ4n) is 1.54. The summed E-state index contributed by atoms with van der Waals surface area (Å²) in [7, 11) is 0. The second-order valence-electron chi connectivity index (χ2n) is 3.76. The third-order valence-corrected chi connectivity index (χ3v) is 3.44. The lowest BCUT2D eigenvalue weighted by molar-refractivity contribution is 0.581. The summed E-state index contributed by atoms with van der Waals surface area (Å²) < 4.78 is 5.30. The first kappa shape index (κ1) is 10.2. The number of aromatic nitrogens is 2. The Morgan fingerprint density at radius 3 is 2.47 bits per heavy atom. The lowest BCUT2D eigenvalue weighted by atomic mass is 10.2. The molecular weight excluding hydrogens is 232 g/mol. The first-order chi connectivity index (χ1) is 8.33. The quantitative estimate of drug-likeness (QED) is 0.686. The van der Waals surface area contributed by atoms with Crippen LogP contribution < -0.4 is 0 Å². The average molecular weight is 242 g/mol. The summed E-state index contributed by atoms with van der Waals surface area (Å²) in [6.45, 7) is 2.07. The van der Waals surface area contributed by atoms with Gasteiger partial charge in [-0.3, -0.25) is 0 Å². The van der Waals surface area contributed by atoms with Gasteiger partial charge < -0.3 is 4.42 Å². The number of hydrogen-bond donors (Lipinski definition) is 0. The van der Waals surface area contributed by atoms with Crippen molar-refractivity contribution < 1.29 is 4.42 Å². The van der Waals surface area contributed by atoms with Gasteiger partial charge in [-0.25, -0.2) is 0 Å². The van der Waals surface area contributed by atoms with Gasteiger partial charge in [0.2, 0.25) is 0 Å². The van der Waals surface area contributed by atoms with E-state index in [1.54, 1.807) is 6.26 Å². The normalized spacial score (nSPS) is 10.6. The first-order valence-corrected chi connectivity index (χ1v) is 6.09. The van der Waals surface area contributed by atoms with Crippen molar-refractivity contribution in [3.8, 4) is 21.3 Å². The van der Waals surface area contributed by atoms with Crippen LogP contribution in [0.3, 0.4) is 0 Å². The van der Waals surface area contributed by atoms with Crippen LogP contribution in [0.25, 0.3) is 21.3 Å². The largest absolute Gasteiger partial charge is 0.462 e. The molecule has 0 aliphatic heterocycles. The lowest BCUT2D eigenvalue weighted by Crippen LogP contribution is -1.77. The van der Waals surface area contributed by atoms with E-state index in [4.69, 9.17) is 4.42 Å². The molecule has 0 fully saturated rings. The summed E-state index contributed by atoms with van der Waals surface area (Å²) in [5, 5.41) is 10.0. The maximum atomic E-state index is 5.30. The Morgan fingerprint density at radius 1 is 1.00 bits per heavy atom. The minimum atomic E-state index is 0.765. The molecule has 1 aromatic carbocycles. The number of hydrogen-bond acceptors (Lipinski definition) is 4. The van der Waals surface area contributed by atoms with E-state index in [1.165, 1.54) is 16.9 Å². The van der Waals surface area contributed by atoms with E-state index in [1.807, 2.05) is 12.1 Å². The summed E-state index contributed by atoms with van der Waals surface area (Å²) in [5.74, 6) is 0.765. The Hall–Kier alpha value is -1.94. The van der Waals surface area contributed by atoms with E-state index >= 15 is 0 Å². The molecule has 0 radical (unpaired) electrons. The van der Waals surface area contributed by atoms with E-state index in [0.29, 0.717) is 0 Å². The van der Waals surface area contributed by atoms with Crippen molar-refractivity contribution in [2.24, 2.45) is 0 Å². The van der Waals surface area contributed by atoms with Crippen molar-refractivity contribution in [1.82, 2.24) is 10.2 Å². The monoisotopic (exact) mass is 242 g/mol. The Labute approximate surface area is 103 Å². The molecule has 3 rings (SSSR count). The Balaban J connectivity index is 1.98. The van der Waals surface area contributed by atoms with E-state index in [0.717, 1.165) is 21.3 Å². The van der Waals surface area contributed by atoms with Crippen molar-refractivity contribution in [3.63, 3.8) is 0 Å². The highest BCUT2D eigenvalue weighted by atomic mass is 32.1. The van der Waals surface area contributed by atoms with Gasteiger partial charge >= 0.3 is 0 Å². The Bertz CT molecular complexity index is 611. The summed E-state index contributed by atoms with van der Waals surface area (Å²) in [5.41, 5.74) is 2.33. The van der Waals surface area contributed by atoms with Crippen LogP contribution in [0.1, 0.15) is 5.56 Å². The molecule has 2 aromatic heterocycles. The second-order valence-corrected chi connectivity index (χ2v) is 4.73. The van der Waals surface area contributed by atoms with Gasteiger partial charge in [-0.15, -0.1) is 10.2 Å². The third kappa shape index (κ3) is 1.99. The fraction of sp³-hybridized carbons (Fsp3) is 0.0769. The van der Waals surface area contributed by atoms with Gasteiger partial charge in [0.15, 0.2) is 10.8 Å². The molecule has 0 saturated heterocycles. The first-order valence-electron chi connectivity index (χ1n) is 5.27. The van der Waals surface area contributed by atoms with Crippen molar-refractivity contribution in [2.75, 3.05) is 0 Å². The van der Waals surface area contributed by atoms with E-state index in [2.05, 4.69) is 41.4 Å². The fourth-order valence-corrected chi connectivity index (χ4v) is 2.35. The maximum absolute atomic E-state index is 5.30. The highest BCUT2D eigenvalue weighted by molar-refractivity contribution is 7.17. The van der Waals surface area contributed by atoms with Crippen molar-refractivity contribution >= 4 is 11.3 Å². The SMILES string of the molecule is Cc1ccc(-c2nnc(-c3ccco3)s2)cc1. The van der Waals surface area contributed by atoms with Crippen LogP contribution in [0, 0.1) is 6.92 Å². The van der Waals surface area contributed by atoms with Gasteiger partial charge in [0, 0.05) is 5.56 Å². The van der Waals surface area contributed by atoms with E-state index in [9.17, 15) is 0 Å². The van der Waals surface area contributed by atoms with Crippen LogP contribution in [0.2, 0.25) is 0 Å². The zero-order valence-corrected chi connectivity index (χ0v) is 10.1. The topological polar surface area (TPSA) is 38.9 Å². The lowest BCUT2D eigenvalue weighted by Gasteiger charge is -1.95. The molecule has 4 heteroatoms. The van der Waals surface area contributed by atoms with Crippen molar-refractivity contribution in [1.29, 1.82) is 0 Å². The molecule has 0 spiro atoms. The van der Waals surface area contributed by atoms with Crippen LogP contribution in [-0.2, 0) is 0 Å². The molecule has 0 aliphatic rings. The van der Waals surface area contributed by atoms with E-state index in [-0.39, 0.29) is 0 Å². The predicted octanol–water partition coefficient (Wildman–Crippen LogP) is 3.77. The summed E-state index contributed by atoms with van der Waals surface area (Å²) in [4.78, 5) is 0. The van der Waals surface area contributed by atoms with Crippen LogP contribution in [0.5, 0.6) is 0 Å². The van der Waals surface area contributed by atoms with Crippen molar-refractivity contribution in [2.45, 2.75) is 6.92 Å². The van der Waals surface area contributed by atoms with Gasteiger partial charge in [-0.05, 0) is 19.1 Å². The highest BCUT2D eigenvalue weighted by Crippen LogP contribution is 2.29.